The zero-order valence-electron chi connectivity index (χ0n) is 15.5. The molecule has 1 N–H and O–H groups in total. The van der Waals surface area contributed by atoms with E-state index in [9.17, 15) is 18.5 Å². The quantitative estimate of drug-likeness (QED) is 0.515. The Kier molecular flexibility index (Phi) is 6.65. The summed E-state index contributed by atoms with van der Waals surface area (Å²) in [5.41, 5.74) is 0.748. The summed E-state index contributed by atoms with van der Waals surface area (Å²) in [6.07, 6.45) is 0. The average Bonchev–Trinajstić information content (AvgIpc) is 2.70. The van der Waals surface area contributed by atoms with Crippen molar-refractivity contribution in [2.75, 3.05) is 31.6 Å². The third-order valence-corrected chi connectivity index (χ3v) is 7.26. The molecule has 1 fully saturated rings. The van der Waals surface area contributed by atoms with Gasteiger partial charge in [0.25, 0.3) is 5.69 Å². The Balaban J connectivity index is 1.99. The second kappa shape index (κ2) is 8.85. The Bertz CT molecular complexity index is 1030. The molecule has 1 saturated heterocycles. The van der Waals surface area contributed by atoms with Gasteiger partial charge in [0.2, 0.25) is 10.0 Å². The van der Waals surface area contributed by atoms with Crippen LogP contribution in [0.1, 0.15) is 18.5 Å². The fraction of sp³-hybridized carbons (Fsp3) is 0.333. The maximum Gasteiger partial charge on any atom is 0.270 e. The third kappa shape index (κ3) is 4.81. The van der Waals surface area contributed by atoms with Crippen LogP contribution in [0.5, 0.6) is 0 Å². The van der Waals surface area contributed by atoms with Crippen molar-refractivity contribution in [1.29, 1.82) is 0 Å². The number of hydrogen-bond donors (Lipinski definition) is 1. The summed E-state index contributed by atoms with van der Waals surface area (Å²) in [6.45, 7) is 2.75. The molecule has 8 nitrogen and oxygen atoms in total. The van der Waals surface area contributed by atoms with Crippen LogP contribution in [-0.2, 0) is 14.8 Å². The fourth-order valence-corrected chi connectivity index (χ4v) is 4.87. The van der Waals surface area contributed by atoms with Crippen molar-refractivity contribution in [3.05, 3.63) is 62.1 Å². The first-order chi connectivity index (χ1) is 13.7. The number of nitrogens with zero attached hydrogens (tertiary/aromatic N) is 2. The zero-order valence-corrected chi connectivity index (χ0v) is 17.8. The highest BCUT2D eigenvalue weighted by atomic mass is 35.5. The predicted octanol–water partition coefficient (Wildman–Crippen LogP) is 4.10. The van der Waals surface area contributed by atoms with Crippen LogP contribution in [0.3, 0.4) is 0 Å². The van der Waals surface area contributed by atoms with Crippen molar-refractivity contribution in [1.82, 2.24) is 4.31 Å². The van der Waals surface area contributed by atoms with Crippen LogP contribution in [0, 0.1) is 10.1 Å². The number of anilines is 1. The smallest absolute Gasteiger partial charge is 0.270 e. The van der Waals surface area contributed by atoms with Gasteiger partial charge in [-0.15, -0.1) is 0 Å². The summed E-state index contributed by atoms with van der Waals surface area (Å²) in [5, 5.41) is 15.1. The summed E-state index contributed by atoms with van der Waals surface area (Å²) in [4.78, 5) is 10.4. The molecule has 156 valence electrons. The SMILES string of the molecule is C[C@H](Nc1ccc([N+](=O)[O-])cc1S(=O)(=O)N1CCOCC1)c1ccc(Cl)c(Cl)c1. The molecule has 1 atom stereocenters. The van der Waals surface area contributed by atoms with Gasteiger partial charge in [-0.25, -0.2) is 8.42 Å². The monoisotopic (exact) mass is 459 g/mol. The lowest BCUT2D eigenvalue weighted by atomic mass is 10.1. The molecule has 0 spiro atoms. The van der Waals surface area contributed by atoms with E-state index in [-0.39, 0.29) is 48.6 Å². The first-order valence-corrected chi connectivity index (χ1v) is 11.0. The number of nitro groups is 1. The highest BCUT2D eigenvalue weighted by Crippen LogP contribution is 2.33. The minimum atomic E-state index is -3.95. The minimum absolute atomic E-state index is 0.152. The molecule has 2 aromatic rings. The number of benzene rings is 2. The Morgan fingerprint density at radius 1 is 1.14 bits per heavy atom. The molecular formula is C18H19Cl2N3O5S. The first kappa shape index (κ1) is 21.8. The molecule has 0 radical (unpaired) electrons. The number of nitro benzene ring substituents is 1. The van der Waals surface area contributed by atoms with Crippen molar-refractivity contribution < 1.29 is 18.1 Å². The molecule has 29 heavy (non-hydrogen) atoms. The summed E-state index contributed by atoms with van der Waals surface area (Å²) < 4.78 is 32.8. The Labute approximate surface area is 178 Å². The van der Waals surface area contributed by atoms with Crippen LogP contribution in [0.2, 0.25) is 10.0 Å². The van der Waals surface area contributed by atoms with Crippen LogP contribution in [0.15, 0.2) is 41.3 Å². The van der Waals surface area contributed by atoms with Gasteiger partial charge in [0.1, 0.15) is 4.90 Å². The molecule has 1 heterocycles. The molecule has 2 aromatic carbocycles. The van der Waals surface area contributed by atoms with Gasteiger partial charge in [-0.05, 0) is 30.7 Å². The highest BCUT2D eigenvalue weighted by Gasteiger charge is 2.30. The van der Waals surface area contributed by atoms with E-state index < -0.39 is 14.9 Å². The van der Waals surface area contributed by atoms with Gasteiger partial charge in [0, 0.05) is 31.3 Å². The first-order valence-electron chi connectivity index (χ1n) is 8.78. The molecule has 1 aliphatic rings. The van der Waals surface area contributed by atoms with Crippen LogP contribution >= 0.6 is 23.2 Å². The summed E-state index contributed by atoms with van der Waals surface area (Å²) >= 11 is 12.0. The number of nitrogens with one attached hydrogen (secondary N) is 1. The van der Waals surface area contributed by atoms with E-state index in [2.05, 4.69) is 5.32 Å². The normalized spacial score (nSPS) is 16.4. The Morgan fingerprint density at radius 2 is 1.83 bits per heavy atom. The molecule has 1 aliphatic heterocycles. The average molecular weight is 460 g/mol. The predicted molar refractivity (Wildman–Crippen MR) is 111 cm³/mol. The van der Waals surface area contributed by atoms with Crippen molar-refractivity contribution in [2.24, 2.45) is 0 Å². The van der Waals surface area contributed by atoms with E-state index in [0.717, 1.165) is 11.6 Å². The van der Waals surface area contributed by atoms with Crippen molar-refractivity contribution in [3.63, 3.8) is 0 Å². The molecule has 0 unspecified atom stereocenters. The molecular weight excluding hydrogens is 441 g/mol. The molecule has 0 bridgehead atoms. The maximum absolute atomic E-state index is 13.2. The van der Waals surface area contributed by atoms with E-state index in [1.165, 1.54) is 16.4 Å². The zero-order chi connectivity index (χ0) is 21.2. The summed E-state index contributed by atoms with van der Waals surface area (Å²) in [5.74, 6) is 0. The molecule has 0 aromatic heterocycles. The van der Waals surface area contributed by atoms with Gasteiger partial charge in [-0.1, -0.05) is 29.3 Å². The van der Waals surface area contributed by atoms with E-state index in [1.54, 1.807) is 18.2 Å². The van der Waals surface area contributed by atoms with E-state index in [0.29, 0.717) is 10.0 Å². The lowest BCUT2D eigenvalue weighted by molar-refractivity contribution is -0.385. The largest absolute Gasteiger partial charge is 0.379 e. The molecule has 0 saturated carbocycles. The molecule has 11 heteroatoms. The minimum Gasteiger partial charge on any atom is -0.379 e. The van der Waals surface area contributed by atoms with Crippen molar-refractivity contribution in [3.8, 4) is 0 Å². The van der Waals surface area contributed by atoms with Gasteiger partial charge in [0.05, 0.1) is 33.9 Å². The van der Waals surface area contributed by atoms with Gasteiger partial charge < -0.3 is 10.1 Å². The standard InChI is InChI=1S/C18H19Cl2N3O5S/c1-12(13-2-4-15(19)16(20)10-13)21-17-5-3-14(23(24)25)11-18(17)29(26,27)22-6-8-28-9-7-22/h2-5,10-12,21H,6-9H2,1H3/t12-/m0/s1. The summed E-state index contributed by atoms with van der Waals surface area (Å²) in [6, 6.07) is 8.52. The van der Waals surface area contributed by atoms with E-state index in [4.69, 9.17) is 27.9 Å². The maximum atomic E-state index is 13.2. The second-order valence-electron chi connectivity index (χ2n) is 6.49. The molecule has 3 rings (SSSR count). The fourth-order valence-electron chi connectivity index (χ4n) is 2.98. The van der Waals surface area contributed by atoms with Crippen LogP contribution < -0.4 is 5.32 Å². The van der Waals surface area contributed by atoms with Crippen molar-refractivity contribution >= 4 is 44.6 Å². The highest BCUT2D eigenvalue weighted by molar-refractivity contribution is 7.89. The van der Waals surface area contributed by atoms with Gasteiger partial charge in [-0.2, -0.15) is 4.31 Å². The number of rotatable bonds is 6. The Morgan fingerprint density at radius 3 is 2.45 bits per heavy atom. The Hall–Kier alpha value is -1.91. The number of morpholine rings is 1. The number of sulfonamides is 1. The number of hydrogen-bond acceptors (Lipinski definition) is 6. The number of halogens is 2. The number of ether oxygens (including phenoxy) is 1. The third-order valence-electron chi connectivity index (χ3n) is 4.58. The van der Waals surface area contributed by atoms with Gasteiger partial charge in [-0.3, -0.25) is 10.1 Å². The van der Waals surface area contributed by atoms with Crippen LogP contribution in [-0.4, -0.2) is 43.9 Å². The van der Waals surface area contributed by atoms with Gasteiger partial charge >= 0.3 is 0 Å². The topological polar surface area (TPSA) is 102 Å². The van der Waals surface area contributed by atoms with Crippen molar-refractivity contribution in [2.45, 2.75) is 17.9 Å². The lowest BCUT2D eigenvalue weighted by Gasteiger charge is -2.27. The van der Waals surface area contributed by atoms with E-state index >= 15 is 0 Å². The van der Waals surface area contributed by atoms with Crippen LogP contribution in [0.4, 0.5) is 11.4 Å². The van der Waals surface area contributed by atoms with Crippen LogP contribution in [0.25, 0.3) is 0 Å². The molecule has 0 amide bonds. The summed E-state index contributed by atoms with van der Waals surface area (Å²) in [7, 11) is -3.95. The second-order valence-corrected chi connectivity index (χ2v) is 9.21. The number of non-ortho nitro benzene ring substituents is 1. The van der Waals surface area contributed by atoms with Gasteiger partial charge in [0.15, 0.2) is 0 Å². The molecule has 0 aliphatic carbocycles. The van der Waals surface area contributed by atoms with E-state index in [1.807, 2.05) is 6.92 Å². The lowest BCUT2D eigenvalue weighted by Crippen LogP contribution is -2.40.